The zero-order valence-corrected chi connectivity index (χ0v) is 35.1. The van der Waals surface area contributed by atoms with Gasteiger partial charge < -0.3 is 48.4 Å². The number of aliphatic imine (C=N–C) groups is 1. The first-order chi connectivity index (χ1) is 29.7. The second-order valence-corrected chi connectivity index (χ2v) is 16.8. The number of para-hydroxylation sites is 1. The van der Waals surface area contributed by atoms with Gasteiger partial charge in [0.1, 0.15) is 30.7 Å². The fourth-order valence-corrected chi connectivity index (χ4v) is 8.83. The summed E-state index contributed by atoms with van der Waals surface area (Å²) in [7, 11) is 0. The summed E-state index contributed by atoms with van der Waals surface area (Å²) < 4.78 is 1.22. The number of aromatic nitrogens is 4. The van der Waals surface area contributed by atoms with Gasteiger partial charge in [-0.25, -0.2) is 4.68 Å². The van der Waals surface area contributed by atoms with Crippen LogP contribution in [0.1, 0.15) is 88.8 Å². The Morgan fingerprint density at radius 2 is 1.63 bits per heavy atom. The molecule has 0 radical (unpaired) electrons. The van der Waals surface area contributed by atoms with Crippen LogP contribution in [0.15, 0.2) is 41.7 Å². The largest absolute Gasteiger partial charge is 0.370 e. The van der Waals surface area contributed by atoms with E-state index in [1.807, 2.05) is 24.3 Å². The Balaban J connectivity index is 1.36. The van der Waals surface area contributed by atoms with E-state index >= 15 is 0 Å². The number of fused-ring (bicyclic) bond motifs is 4. The average molecular weight is 858 g/mol. The third-order valence-electron chi connectivity index (χ3n) is 12.1. The molecule has 2 aliphatic heterocycles. The number of primary amides is 1. The van der Waals surface area contributed by atoms with Crippen molar-refractivity contribution in [3.63, 3.8) is 0 Å². The second-order valence-electron chi connectivity index (χ2n) is 16.8. The van der Waals surface area contributed by atoms with E-state index in [2.05, 4.69) is 41.6 Å². The zero-order valence-electron chi connectivity index (χ0n) is 35.1. The van der Waals surface area contributed by atoms with Crippen molar-refractivity contribution in [1.82, 2.24) is 46.1 Å². The Morgan fingerprint density at radius 3 is 2.39 bits per heavy atom. The predicted molar refractivity (Wildman–Crippen MR) is 227 cm³/mol. The van der Waals surface area contributed by atoms with Gasteiger partial charge in [0.2, 0.25) is 35.4 Å². The Labute approximate surface area is 359 Å². The van der Waals surface area contributed by atoms with E-state index in [9.17, 15) is 33.6 Å². The molecule has 1 aliphatic carbocycles. The standard InChI is InChI=1S/C42H59N13O7/c1-24-41(62)55-16-8-14-34(55)40(61)50-32(17-25-9-3-2-4-10-25)35(56)19-26(18-27-21-47-30-12-6-5-11-29(27)30)38(59)49-31(13-7-15-46-42(44)45)39(60)51-33(37(43)58)20-28-22-54(53-52-28)23-36(57)48-24/h5-6,11-12,21-22,24-26,31-34,47H,2-4,7-10,13-20,23H2,1H3,(H2,43,58)(H,48,57)(H,49,59)(H,50,61)(H,51,60)(H4,44,45,46)/t24-,26+,31-,32+,33-,34-/m0/s1. The lowest BCUT2D eigenvalue weighted by Gasteiger charge is -2.31. The van der Waals surface area contributed by atoms with Crippen LogP contribution in [-0.2, 0) is 52.9 Å². The van der Waals surface area contributed by atoms with E-state index in [1.54, 1.807) is 6.20 Å². The molecule has 1 saturated heterocycles. The molecule has 0 unspecified atom stereocenters. The SMILES string of the molecule is C[C@@H]1NC(=O)Cn2cc(nn2)C[C@@H](C(N)=O)NC(=O)[C@H](CCCN=C(N)N)NC(=O)[C@H](Cc2c[nH]c3ccccc23)CC(=O)[C@@H](CC2CCCCC2)NC(=O)[C@@H]2CCCN2C1=O. The van der Waals surface area contributed by atoms with E-state index < -0.39 is 71.6 Å². The lowest BCUT2D eigenvalue weighted by Crippen LogP contribution is -2.55. The van der Waals surface area contributed by atoms with Gasteiger partial charge >= 0.3 is 0 Å². The first-order valence-corrected chi connectivity index (χ1v) is 21.6. The summed E-state index contributed by atoms with van der Waals surface area (Å²) >= 11 is 0. The molecule has 4 heterocycles. The van der Waals surface area contributed by atoms with E-state index in [-0.39, 0.29) is 68.5 Å². The molecule has 6 amide bonds. The minimum atomic E-state index is -1.29. The van der Waals surface area contributed by atoms with Gasteiger partial charge in [-0.3, -0.25) is 38.6 Å². The molecule has 6 atom stereocenters. The molecule has 1 saturated carbocycles. The van der Waals surface area contributed by atoms with Crippen molar-refractivity contribution in [1.29, 1.82) is 0 Å². The van der Waals surface area contributed by atoms with Gasteiger partial charge in [-0.05, 0) is 63.0 Å². The molecule has 62 heavy (non-hydrogen) atoms. The van der Waals surface area contributed by atoms with E-state index in [4.69, 9.17) is 17.2 Å². The predicted octanol–water partition coefficient (Wildman–Crippen LogP) is -0.407. The molecular formula is C42H59N13O7. The molecule has 0 spiro atoms. The molecule has 3 aromatic rings. The summed E-state index contributed by atoms with van der Waals surface area (Å²) in [5.74, 6) is -5.03. The summed E-state index contributed by atoms with van der Waals surface area (Å²) in [4.78, 5) is 106. The lowest BCUT2D eigenvalue weighted by molar-refractivity contribution is -0.142. The van der Waals surface area contributed by atoms with Crippen LogP contribution in [-0.4, -0.2) is 115 Å². The number of rotatable bonds is 9. The molecule has 2 bridgehead atoms. The molecule has 20 nitrogen and oxygen atoms in total. The molecule has 20 heteroatoms. The maximum atomic E-state index is 14.7. The van der Waals surface area contributed by atoms with Gasteiger partial charge in [0.05, 0.1) is 11.7 Å². The second kappa shape index (κ2) is 21.0. The van der Waals surface area contributed by atoms with Crippen molar-refractivity contribution in [2.24, 2.45) is 34.0 Å². The number of carbonyl (C=O) groups excluding carboxylic acids is 7. The number of nitrogens with one attached hydrogen (secondary N) is 5. The fourth-order valence-electron chi connectivity index (χ4n) is 8.83. The number of hydrogen-bond acceptors (Lipinski definition) is 10. The number of benzene rings is 1. The van der Waals surface area contributed by atoms with Gasteiger partial charge in [-0.15, -0.1) is 5.10 Å². The average Bonchev–Trinajstić information content (AvgIpc) is 4.01. The summed E-state index contributed by atoms with van der Waals surface area (Å²) in [5, 5.41) is 20.1. The van der Waals surface area contributed by atoms with Gasteiger partial charge in [0, 0.05) is 55.1 Å². The topological polar surface area (TPSA) is 308 Å². The van der Waals surface area contributed by atoms with Crippen molar-refractivity contribution in [3.8, 4) is 0 Å². The Hall–Kier alpha value is -6.34. The maximum Gasteiger partial charge on any atom is 0.245 e. The first kappa shape index (κ1) is 45.2. The van der Waals surface area contributed by atoms with Gasteiger partial charge in [0.15, 0.2) is 11.7 Å². The number of carbonyl (C=O) groups is 7. The third kappa shape index (κ3) is 11.9. The first-order valence-electron chi connectivity index (χ1n) is 21.6. The number of amides is 6. The Morgan fingerprint density at radius 1 is 0.871 bits per heavy atom. The molecule has 334 valence electrons. The fraction of sp³-hybridized carbons (Fsp3) is 0.571. The number of Topliss-reactive ketones (excluding diaryl/α,β-unsaturated/α-hetero) is 1. The molecule has 2 aromatic heterocycles. The highest BCUT2D eigenvalue weighted by molar-refractivity contribution is 5.97. The molecule has 2 fully saturated rings. The van der Waals surface area contributed by atoms with Crippen LogP contribution in [0.5, 0.6) is 0 Å². The summed E-state index contributed by atoms with van der Waals surface area (Å²) in [6, 6.07) is 2.23. The van der Waals surface area contributed by atoms with E-state index in [0.717, 1.165) is 48.6 Å². The highest BCUT2D eigenvalue weighted by Crippen LogP contribution is 2.30. The highest BCUT2D eigenvalue weighted by atomic mass is 16.2. The minimum absolute atomic E-state index is 0.0499. The van der Waals surface area contributed by atoms with Crippen LogP contribution in [0, 0.1) is 11.8 Å². The number of hydrogen-bond donors (Lipinski definition) is 8. The molecule has 11 N–H and O–H groups in total. The van der Waals surface area contributed by atoms with Crippen LogP contribution in [0.2, 0.25) is 0 Å². The van der Waals surface area contributed by atoms with Crippen LogP contribution in [0.3, 0.4) is 0 Å². The van der Waals surface area contributed by atoms with Crippen molar-refractivity contribution >= 4 is 58.1 Å². The van der Waals surface area contributed by atoms with Crippen LogP contribution >= 0.6 is 0 Å². The van der Waals surface area contributed by atoms with E-state index in [1.165, 1.54) is 22.7 Å². The molecule has 1 aromatic carbocycles. The number of H-pyrrole nitrogens is 1. The normalized spacial score (nSPS) is 25.3. The quantitative estimate of drug-likeness (QED) is 0.0778. The number of nitrogens with zero attached hydrogens (tertiary/aromatic N) is 5. The highest BCUT2D eigenvalue weighted by Gasteiger charge is 2.39. The summed E-state index contributed by atoms with van der Waals surface area (Å²) in [5.41, 5.74) is 18.7. The van der Waals surface area contributed by atoms with Crippen LogP contribution in [0.4, 0.5) is 0 Å². The van der Waals surface area contributed by atoms with Crippen LogP contribution in [0.25, 0.3) is 10.9 Å². The third-order valence-corrected chi connectivity index (χ3v) is 12.1. The minimum Gasteiger partial charge on any atom is -0.370 e. The molecule has 6 rings (SSSR count). The van der Waals surface area contributed by atoms with Crippen molar-refractivity contribution < 1.29 is 33.6 Å². The van der Waals surface area contributed by atoms with Crippen LogP contribution < -0.4 is 38.5 Å². The molecular weight excluding hydrogens is 799 g/mol. The summed E-state index contributed by atoms with van der Waals surface area (Å²) in [6.45, 7) is 1.64. The van der Waals surface area contributed by atoms with Gasteiger partial charge in [0.25, 0.3) is 0 Å². The Kier molecular flexibility index (Phi) is 15.3. The van der Waals surface area contributed by atoms with Crippen molar-refractivity contribution in [2.45, 2.75) is 127 Å². The smallest absolute Gasteiger partial charge is 0.245 e. The number of nitrogens with two attached hydrogens (primary N) is 3. The van der Waals surface area contributed by atoms with Gasteiger partial charge in [-0.1, -0.05) is 55.5 Å². The lowest BCUT2D eigenvalue weighted by atomic mass is 9.82. The maximum absolute atomic E-state index is 14.7. The number of aromatic amines is 1. The van der Waals surface area contributed by atoms with Gasteiger partial charge in [-0.2, -0.15) is 0 Å². The number of guanidine groups is 1. The monoisotopic (exact) mass is 857 g/mol. The summed E-state index contributed by atoms with van der Waals surface area (Å²) in [6.07, 6.45) is 9.31. The van der Waals surface area contributed by atoms with Crippen molar-refractivity contribution in [3.05, 3.63) is 47.9 Å². The number of ketones is 1. The van der Waals surface area contributed by atoms with E-state index in [0.29, 0.717) is 25.8 Å². The zero-order chi connectivity index (χ0) is 44.3. The Bertz CT molecular complexity index is 2140. The van der Waals surface area contributed by atoms with Crippen molar-refractivity contribution in [2.75, 3.05) is 13.1 Å². The molecule has 3 aliphatic rings.